The number of hydrogen-bond acceptors (Lipinski definition) is 14. The quantitative estimate of drug-likeness (QED) is 0.0842. The van der Waals surface area contributed by atoms with Crippen molar-refractivity contribution in [3.63, 3.8) is 0 Å². The van der Waals surface area contributed by atoms with Gasteiger partial charge in [0, 0.05) is 94.3 Å². The van der Waals surface area contributed by atoms with Gasteiger partial charge >= 0.3 is 0 Å². The standard InChI is InChI=1S/C49H59N9O10S2/c1-70(66,67)57-23-18-35(31-57)44(61)50-39(45(62)53-49-51-40(32-69-49)34-9-3-2-4-10-34)19-29-68-28-7-11-43(60)56-21-16-33(17-22-56)8-5-6-20-54-24-26-55(27-25-54)36-12-13-37-38(30-36)48(65)58(47(37)64)41-14-15-42(59)52-46(41)63/h2-4,9-10,12-13,18,23,30-33,39,41H,5-8,11,14-17,19-22,24-29H2,1H3,(H,50,61)(H,51,53,62)(H,52,59,63)/t39-,41?/m0/s1. The monoisotopic (exact) mass is 997 g/mol. The first kappa shape index (κ1) is 50.1. The minimum atomic E-state index is -3.60. The normalized spacial score (nSPS) is 18.5. The maximum Gasteiger partial charge on any atom is 0.262 e. The molecular formula is C49H59N9O10S2. The van der Waals surface area contributed by atoms with Crippen LogP contribution in [0.5, 0.6) is 0 Å². The van der Waals surface area contributed by atoms with Crippen LogP contribution in [0.4, 0.5) is 10.8 Å². The molecule has 7 amide bonds. The summed E-state index contributed by atoms with van der Waals surface area (Å²) in [6, 6.07) is 14.2. The highest BCUT2D eigenvalue weighted by Gasteiger charge is 2.45. The van der Waals surface area contributed by atoms with Crippen molar-refractivity contribution in [3.8, 4) is 11.3 Å². The van der Waals surface area contributed by atoms with Crippen LogP contribution in [-0.2, 0) is 33.9 Å². The van der Waals surface area contributed by atoms with E-state index in [4.69, 9.17) is 4.74 Å². The molecule has 3 fully saturated rings. The highest BCUT2D eigenvalue weighted by molar-refractivity contribution is 7.89. The molecule has 6 heterocycles. The number of piperidine rings is 2. The van der Waals surface area contributed by atoms with Gasteiger partial charge in [0.05, 0.1) is 28.6 Å². The number of piperazine rings is 1. The molecule has 21 heteroatoms. The number of carbonyl (C=O) groups excluding carboxylic acids is 7. The predicted octanol–water partition coefficient (Wildman–Crippen LogP) is 3.98. The molecule has 3 N–H and O–H groups in total. The van der Waals surface area contributed by atoms with Gasteiger partial charge in [0.1, 0.15) is 12.1 Å². The molecule has 2 aromatic heterocycles. The Morgan fingerprint density at radius 1 is 0.886 bits per heavy atom. The first-order chi connectivity index (χ1) is 33.7. The number of thiazole rings is 1. The van der Waals surface area contributed by atoms with Gasteiger partial charge in [-0.15, -0.1) is 11.3 Å². The third kappa shape index (κ3) is 12.3. The number of imide groups is 2. The molecule has 0 aliphatic carbocycles. The first-order valence-electron chi connectivity index (χ1n) is 23.9. The van der Waals surface area contributed by atoms with E-state index in [2.05, 4.69) is 30.7 Å². The molecule has 3 saturated heterocycles. The lowest BCUT2D eigenvalue weighted by atomic mass is 9.91. The van der Waals surface area contributed by atoms with E-state index in [0.29, 0.717) is 41.8 Å². The Balaban J connectivity index is 0.702. The van der Waals surface area contributed by atoms with Gasteiger partial charge in [-0.1, -0.05) is 43.2 Å². The summed E-state index contributed by atoms with van der Waals surface area (Å²) in [6.45, 7) is 6.23. The number of benzene rings is 2. The van der Waals surface area contributed by atoms with Crippen LogP contribution in [0.25, 0.3) is 11.3 Å². The number of aromatic nitrogens is 2. The summed E-state index contributed by atoms with van der Waals surface area (Å²) >= 11 is 1.25. The molecule has 372 valence electrons. The van der Waals surface area contributed by atoms with Gasteiger partial charge in [0.15, 0.2) is 5.13 Å². The SMILES string of the molecule is CS(=O)(=O)n1ccc(C(=O)N[C@@H](CCOCCCC(=O)N2CCC(CCCCN3CCN(c4ccc5c(c4)C(=O)N(C4CCC(=O)NC4=O)C5=O)CC3)CC2)C(=O)Nc2nc(-c3ccccc3)cs2)c1. The number of nitrogens with zero attached hydrogens (tertiary/aromatic N) is 6. The number of fused-ring (bicyclic) bond motifs is 1. The average molecular weight is 998 g/mol. The van der Waals surface area contributed by atoms with Crippen LogP contribution in [0.3, 0.4) is 0 Å². The Morgan fingerprint density at radius 3 is 2.37 bits per heavy atom. The molecule has 1 unspecified atom stereocenters. The van der Waals surface area contributed by atoms with Gasteiger partial charge in [-0.05, 0) is 75.3 Å². The van der Waals surface area contributed by atoms with Crippen molar-refractivity contribution in [2.45, 2.75) is 76.3 Å². The molecule has 0 spiro atoms. The molecular weight excluding hydrogens is 939 g/mol. The summed E-state index contributed by atoms with van der Waals surface area (Å²) in [6.07, 6.45) is 9.94. The van der Waals surface area contributed by atoms with E-state index in [1.54, 1.807) is 12.1 Å². The van der Waals surface area contributed by atoms with Crippen LogP contribution in [0.1, 0.15) is 95.3 Å². The number of ether oxygens (including phenoxy) is 1. The van der Waals surface area contributed by atoms with E-state index in [1.807, 2.05) is 46.7 Å². The topological polar surface area (TPSA) is 230 Å². The number of rotatable bonds is 20. The van der Waals surface area contributed by atoms with E-state index < -0.39 is 57.6 Å². The fraction of sp³-hybridized carbons (Fsp3) is 0.469. The van der Waals surface area contributed by atoms with Crippen LogP contribution in [0.2, 0.25) is 0 Å². The molecule has 0 saturated carbocycles. The predicted molar refractivity (Wildman–Crippen MR) is 262 cm³/mol. The zero-order valence-corrected chi connectivity index (χ0v) is 40.8. The Labute approximate surface area is 411 Å². The summed E-state index contributed by atoms with van der Waals surface area (Å²) in [5.74, 6) is -2.47. The fourth-order valence-corrected chi connectivity index (χ4v) is 10.7. The van der Waals surface area contributed by atoms with Gasteiger partial charge in [0.2, 0.25) is 33.7 Å². The number of nitrogens with one attached hydrogen (secondary N) is 3. The third-order valence-corrected chi connectivity index (χ3v) is 15.2. The molecule has 4 aromatic rings. The Bertz CT molecular complexity index is 2690. The van der Waals surface area contributed by atoms with Crippen molar-refractivity contribution in [2.24, 2.45) is 5.92 Å². The maximum atomic E-state index is 13.5. The summed E-state index contributed by atoms with van der Waals surface area (Å²) in [4.78, 5) is 102. The van der Waals surface area contributed by atoms with E-state index in [9.17, 15) is 42.0 Å². The second-order valence-electron chi connectivity index (χ2n) is 18.2. The lowest BCUT2D eigenvalue weighted by molar-refractivity contribution is -0.136. The van der Waals surface area contributed by atoms with Crippen molar-refractivity contribution in [3.05, 3.63) is 89.1 Å². The first-order valence-corrected chi connectivity index (χ1v) is 26.6. The molecule has 4 aliphatic rings. The van der Waals surface area contributed by atoms with Crippen molar-refractivity contribution < 1.29 is 46.7 Å². The minimum Gasteiger partial charge on any atom is -0.381 e. The summed E-state index contributed by atoms with van der Waals surface area (Å²) in [7, 11) is -3.60. The Morgan fingerprint density at radius 2 is 1.64 bits per heavy atom. The number of unbranched alkanes of at least 4 members (excludes halogenated alkanes) is 1. The minimum absolute atomic E-state index is 0.0788. The largest absolute Gasteiger partial charge is 0.381 e. The Kier molecular flexibility index (Phi) is 16.2. The molecule has 19 nitrogen and oxygen atoms in total. The second kappa shape index (κ2) is 22.6. The van der Waals surface area contributed by atoms with E-state index >= 15 is 0 Å². The van der Waals surface area contributed by atoms with E-state index in [0.717, 1.165) is 104 Å². The lowest BCUT2D eigenvalue weighted by Crippen LogP contribution is -2.54. The lowest BCUT2D eigenvalue weighted by Gasteiger charge is -2.36. The molecule has 0 bridgehead atoms. The number of anilines is 2. The van der Waals surface area contributed by atoms with Crippen LogP contribution in [0.15, 0.2) is 72.4 Å². The van der Waals surface area contributed by atoms with Gasteiger partial charge < -0.3 is 25.2 Å². The maximum absolute atomic E-state index is 13.5. The molecule has 8 rings (SSSR count). The van der Waals surface area contributed by atoms with E-state index in [1.165, 1.54) is 29.8 Å². The fourth-order valence-electron chi connectivity index (χ4n) is 9.40. The van der Waals surface area contributed by atoms with Crippen LogP contribution in [0, 0.1) is 5.92 Å². The van der Waals surface area contributed by atoms with Gasteiger partial charge in [-0.25, -0.2) is 13.4 Å². The summed E-state index contributed by atoms with van der Waals surface area (Å²) in [5, 5.41) is 9.92. The average Bonchev–Trinajstić information content (AvgIpc) is 4.11. The molecule has 70 heavy (non-hydrogen) atoms. The van der Waals surface area contributed by atoms with E-state index in [-0.39, 0.29) is 42.9 Å². The van der Waals surface area contributed by atoms with Crippen LogP contribution >= 0.6 is 11.3 Å². The van der Waals surface area contributed by atoms with Crippen molar-refractivity contribution in [2.75, 3.05) is 75.5 Å². The summed E-state index contributed by atoms with van der Waals surface area (Å²) in [5.41, 5.74) is 3.11. The molecule has 4 aliphatic heterocycles. The second-order valence-corrected chi connectivity index (χ2v) is 21.0. The van der Waals surface area contributed by atoms with Gasteiger partial charge in [-0.2, -0.15) is 0 Å². The summed E-state index contributed by atoms with van der Waals surface area (Å²) < 4.78 is 30.7. The number of carbonyl (C=O) groups is 7. The smallest absolute Gasteiger partial charge is 0.262 e. The Hall–Kier alpha value is -6.29. The molecule has 2 aromatic carbocycles. The number of likely N-dealkylation sites (tertiary alicyclic amines) is 1. The zero-order valence-electron chi connectivity index (χ0n) is 39.2. The third-order valence-electron chi connectivity index (χ3n) is 13.4. The van der Waals surface area contributed by atoms with Crippen molar-refractivity contribution in [1.82, 2.24) is 34.3 Å². The number of amides is 7. The van der Waals surface area contributed by atoms with Gasteiger partial charge in [0.25, 0.3) is 17.7 Å². The highest BCUT2D eigenvalue weighted by Crippen LogP contribution is 2.32. The van der Waals surface area contributed by atoms with Crippen molar-refractivity contribution >= 4 is 73.5 Å². The highest BCUT2D eigenvalue weighted by atomic mass is 32.2. The zero-order chi connectivity index (χ0) is 49.4. The molecule has 2 atom stereocenters. The molecule has 0 radical (unpaired) electrons. The van der Waals surface area contributed by atoms with Crippen molar-refractivity contribution in [1.29, 1.82) is 0 Å². The van der Waals surface area contributed by atoms with Crippen LogP contribution in [-0.4, -0.2) is 151 Å². The number of hydrogen-bond donors (Lipinski definition) is 3. The van der Waals surface area contributed by atoms with Crippen LogP contribution < -0.4 is 20.9 Å². The van der Waals surface area contributed by atoms with Gasteiger partial charge in [-0.3, -0.25) is 52.7 Å².